The Morgan fingerprint density at radius 3 is 2.59 bits per heavy atom. The van der Waals surface area contributed by atoms with Crippen LogP contribution in [0, 0.1) is 19.7 Å². The Bertz CT molecular complexity index is 1490. The lowest BCUT2D eigenvalue weighted by atomic mass is 10.0. The molecule has 0 spiro atoms. The van der Waals surface area contributed by atoms with Gasteiger partial charge in [0.25, 0.3) is 5.91 Å². The predicted molar refractivity (Wildman–Crippen MR) is 143 cm³/mol. The van der Waals surface area contributed by atoms with Gasteiger partial charge >= 0.3 is 0 Å². The average molecular weight is 503 g/mol. The number of aromatic nitrogens is 3. The SMILES string of the molecule is Cc1cc(Nc2cc(NCC(C)(C)O)c3ncc(-c4ccc(C(=O)NC5CC5)c(C)c4)n3n2)ccc1F. The first-order valence-corrected chi connectivity index (χ1v) is 12.4. The zero-order chi connectivity index (χ0) is 26.3. The van der Waals surface area contributed by atoms with Crippen molar-refractivity contribution in [1.82, 2.24) is 19.9 Å². The van der Waals surface area contributed by atoms with E-state index in [0.717, 1.165) is 29.7 Å². The van der Waals surface area contributed by atoms with E-state index in [1.807, 2.05) is 31.2 Å². The zero-order valence-corrected chi connectivity index (χ0v) is 21.4. The fraction of sp³-hybridized carbons (Fsp3) is 0.321. The maximum atomic E-state index is 13.8. The average Bonchev–Trinajstić information content (AvgIpc) is 3.54. The highest BCUT2D eigenvalue weighted by atomic mass is 19.1. The summed E-state index contributed by atoms with van der Waals surface area (Å²) in [4.78, 5) is 17.2. The summed E-state index contributed by atoms with van der Waals surface area (Å²) in [5, 5.41) is 24.6. The Morgan fingerprint density at radius 2 is 1.92 bits per heavy atom. The standard InChI is InChI=1S/C28H31FN6O2/c1-16-11-18(5-9-21(16)27(36)33-19-6-7-19)24-14-30-26-23(31-15-28(3,4)37)13-25(34-35(24)26)32-20-8-10-22(29)17(2)12-20/h5,8-14,19,31,37H,6-7,15H2,1-4H3,(H,32,34)(H,33,36). The van der Waals surface area contributed by atoms with Crippen LogP contribution < -0.4 is 16.0 Å². The summed E-state index contributed by atoms with van der Waals surface area (Å²) in [6, 6.07) is 12.6. The molecule has 0 atom stereocenters. The molecule has 1 aliphatic carbocycles. The summed E-state index contributed by atoms with van der Waals surface area (Å²) in [6.45, 7) is 7.37. The molecule has 0 radical (unpaired) electrons. The Morgan fingerprint density at radius 1 is 1.14 bits per heavy atom. The molecule has 0 unspecified atom stereocenters. The van der Waals surface area contributed by atoms with Crippen LogP contribution in [0.3, 0.4) is 0 Å². The molecule has 4 aromatic rings. The minimum Gasteiger partial charge on any atom is -0.389 e. The van der Waals surface area contributed by atoms with Crippen molar-refractivity contribution in [2.24, 2.45) is 0 Å². The molecule has 9 heteroatoms. The molecule has 2 aromatic heterocycles. The quantitative estimate of drug-likeness (QED) is 0.271. The predicted octanol–water partition coefficient (Wildman–Crippen LogP) is 4.97. The first-order chi connectivity index (χ1) is 17.6. The molecule has 192 valence electrons. The van der Waals surface area contributed by atoms with E-state index in [2.05, 4.69) is 20.9 Å². The monoisotopic (exact) mass is 502 g/mol. The largest absolute Gasteiger partial charge is 0.389 e. The molecule has 0 bridgehead atoms. The van der Waals surface area contributed by atoms with Crippen molar-refractivity contribution in [3.63, 3.8) is 0 Å². The number of aliphatic hydroxyl groups is 1. The van der Waals surface area contributed by atoms with Gasteiger partial charge in [-0.05, 0) is 82.0 Å². The molecule has 1 fully saturated rings. The Balaban J connectivity index is 1.54. The van der Waals surface area contributed by atoms with Crippen LogP contribution in [0.4, 0.5) is 21.6 Å². The van der Waals surface area contributed by atoms with Gasteiger partial charge in [0.2, 0.25) is 0 Å². The van der Waals surface area contributed by atoms with Gasteiger partial charge in [-0.15, -0.1) is 5.10 Å². The van der Waals surface area contributed by atoms with Gasteiger partial charge in [0, 0.05) is 35.5 Å². The van der Waals surface area contributed by atoms with Crippen LogP contribution in [-0.4, -0.2) is 43.8 Å². The molecule has 2 heterocycles. The van der Waals surface area contributed by atoms with E-state index in [-0.39, 0.29) is 11.7 Å². The second kappa shape index (κ2) is 9.48. The molecular formula is C28H31FN6O2. The number of hydrogen-bond donors (Lipinski definition) is 4. The molecule has 0 saturated heterocycles. The van der Waals surface area contributed by atoms with Gasteiger partial charge in [0.1, 0.15) is 5.82 Å². The lowest BCUT2D eigenvalue weighted by molar-refractivity contribution is 0.0940. The van der Waals surface area contributed by atoms with Gasteiger partial charge in [0.05, 0.1) is 23.2 Å². The van der Waals surface area contributed by atoms with Gasteiger partial charge < -0.3 is 21.1 Å². The summed E-state index contributed by atoms with van der Waals surface area (Å²) < 4.78 is 15.5. The second-order valence-corrected chi connectivity index (χ2v) is 10.4. The van der Waals surface area contributed by atoms with Gasteiger partial charge in [-0.3, -0.25) is 4.79 Å². The third-order valence-corrected chi connectivity index (χ3v) is 6.29. The fourth-order valence-electron chi connectivity index (χ4n) is 4.11. The molecule has 1 saturated carbocycles. The number of carbonyl (C=O) groups excluding carboxylic acids is 1. The van der Waals surface area contributed by atoms with Gasteiger partial charge in [-0.25, -0.2) is 13.9 Å². The number of carbonyl (C=O) groups is 1. The van der Waals surface area contributed by atoms with E-state index in [1.165, 1.54) is 6.07 Å². The second-order valence-electron chi connectivity index (χ2n) is 10.4. The molecule has 1 amide bonds. The maximum Gasteiger partial charge on any atom is 0.251 e. The molecule has 0 aliphatic heterocycles. The fourth-order valence-corrected chi connectivity index (χ4v) is 4.11. The van der Waals surface area contributed by atoms with Crippen LogP contribution in [-0.2, 0) is 0 Å². The number of aryl methyl sites for hydroxylation is 2. The highest BCUT2D eigenvalue weighted by Crippen LogP contribution is 2.29. The smallest absolute Gasteiger partial charge is 0.251 e. The van der Waals surface area contributed by atoms with Gasteiger partial charge in [0.15, 0.2) is 11.5 Å². The van der Waals surface area contributed by atoms with Crippen LogP contribution in [0.5, 0.6) is 0 Å². The van der Waals surface area contributed by atoms with Crippen LogP contribution >= 0.6 is 0 Å². The van der Waals surface area contributed by atoms with Crippen molar-refractivity contribution in [2.75, 3.05) is 17.2 Å². The van der Waals surface area contributed by atoms with Crippen LogP contribution in [0.25, 0.3) is 16.9 Å². The third kappa shape index (κ3) is 5.56. The lowest BCUT2D eigenvalue weighted by Gasteiger charge is -2.19. The number of halogens is 1. The topological polar surface area (TPSA) is 104 Å². The van der Waals surface area contributed by atoms with Crippen LogP contribution in [0.1, 0.15) is 48.2 Å². The minimum atomic E-state index is -0.939. The summed E-state index contributed by atoms with van der Waals surface area (Å²) in [5.41, 5.74) is 4.68. The van der Waals surface area contributed by atoms with E-state index < -0.39 is 5.60 Å². The normalized spacial score (nSPS) is 13.6. The highest BCUT2D eigenvalue weighted by Gasteiger charge is 2.24. The van der Waals surface area contributed by atoms with Crippen LogP contribution in [0.15, 0.2) is 48.7 Å². The highest BCUT2D eigenvalue weighted by molar-refractivity contribution is 5.96. The van der Waals surface area contributed by atoms with Crippen LogP contribution in [0.2, 0.25) is 0 Å². The first-order valence-electron chi connectivity index (χ1n) is 12.4. The van der Waals surface area contributed by atoms with Crippen molar-refractivity contribution in [3.8, 4) is 11.3 Å². The number of benzene rings is 2. The molecule has 5 rings (SSSR count). The molecule has 37 heavy (non-hydrogen) atoms. The van der Waals surface area contributed by atoms with Crippen molar-refractivity contribution < 1.29 is 14.3 Å². The number of imidazole rings is 1. The number of hydrogen-bond acceptors (Lipinski definition) is 6. The Labute approximate surface area is 214 Å². The lowest BCUT2D eigenvalue weighted by Crippen LogP contribution is -2.29. The van der Waals surface area contributed by atoms with Crippen molar-refractivity contribution in [3.05, 3.63) is 71.2 Å². The Hall–Kier alpha value is -3.98. The van der Waals surface area contributed by atoms with E-state index in [1.54, 1.807) is 43.6 Å². The summed E-state index contributed by atoms with van der Waals surface area (Å²) in [5.74, 6) is 0.193. The number of nitrogens with zero attached hydrogens (tertiary/aromatic N) is 3. The molecular weight excluding hydrogens is 471 g/mol. The number of nitrogens with one attached hydrogen (secondary N) is 3. The molecule has 1 aliphatic rings. The third-order valence-electron chi connectivity index (χ3n) is 6.29. The zero-order valence-electron chi connectivity index (χ0n) is 21.4. The number of amides is 1. The molecule has 2 aromatic carbocycles. The molecule has 4 N–H and O–H groups in total. The van der Waals surface area contributed by atoms with Gasteiger partial charge in [-0.2, -0.15) is 0 Å². The Kier molecular flexibility index (Phi) is 6.33. The number of fused-ring (bicyclic) bond motifs is 1. The van der Waals surface area contributed by atoms with E-state index in [4.69, 9.17) is 5.10 Å². The summed E-state index contributed by atoms with van der Waals surface area (Å²) in [7, 11) is 0. The van der Waals surface area contributed by atoms with E-state index in [0.29, 0.717) is 46.6 Å². The maximum absolute atomic E-state index is 13.8. The summed E-state index contributed by atoms with van der Waals surface area (Å²) in [6.07, 6.45) is 3.81. The molecule has 8 nitrogen and oxygen atoms in total. The van der Waals surface area contributed by atoms with Crippen molar-refractivity contribution >= 4 is 28.7 Å². The summed E-state index contributed by atoms with van der Waals surface area (Å²) >= 11 is 0. The number of anilines is 3. The van der Waals surface area contributed by atoms with E-state index >= 15 is 0 Å². The van der Waals surface area contributed by atoms with Crippen molar-refractivity contribution in [2.45, 2.75) is 52.2 Å². The number of rotatable bonds is 8. The van der Waals surface area contributed by atoms with Gasteiger partial charge in [-0.1, -0.05) is 6.07 Å². The van der Waals surface area contributed by atoms with E-state index in [9.17, 15) is 14.3 Å². The van der Waals surface area contributed by atoms with Crippen molar-refractivity contribution in [1.29, 1.82) is 0 Å². The minimum absolute atomic E-state index is 0.0537. The first kappa shape index (κ1) is 24.7.